The van der Waals surface area contributed by atoms with Crippen molar-refractivity contribution in [1.29, 1.82) is 0 Å². The molecule has 0 heterocycles. The van der Waals surface area contributed by atoms with Crippen LogP contribution in [0.1, 0.15) is 45.2 Å². The maximum absolute atomic E-state index is 11.6. The third-order valence-electron chi connectivity index (χ3n) is 3.83. The summed E-state index contributed by atoms with van der Waals surface area (Å²) in [4.78, 5) is 15.8. The molecule has 0 atom stereocenters. The number of aliphatic imine (C=N–C) groups is 1. The lowest BCUT2D eigenvalue weighted by molar-refractivity contribution is 0.0453. The predicted molar refractivity (Wildman–Crippen MR) is 120 cm³/mol. The summed E-state index contributed by atoms with van der Waals surface area (Å²) >= 11 is 0. The van der Waals surface area contributed by atoms with E-state index < -0.39 is 11.7 Å². The Morgan fingerprint density at radius 2 is 1.73 bits per heavy atom. The maximum Gasteiger partial charge on any atom is 0.407 e. The number of guanidine groups is 1. The number of alkyl carbamates (subject to hydrolysis) is 1. The first-order valence-corrected chi connectivity index (χ1v) is 10.5. The van der Waals surface area contributed by atoms with Crippen LogP contribution in [0.4, 0.5) is 4.79 Å². The summed E-state index contributed by atoms with van der Waals surface area (Å²) in [6.45, 7) is 11.9. The second kappa shape index (κ2) is 14.6. The third kappa shape index (κ3) is 13.0. The molecular weight excluding hydrogens is 384 g/mol. The highest BCUT2D eigenvalue weighted by molar-refractivity contribution is 5.79. The molecule has 1 aromatic rings. The van der Waals surface area contributed by atoms with Gasteiger partial charge in [0, 0.05) is 33.3 Å². The molecule has 8 nitrogen and oxygen atoms in total. The fourth-order valence-electron chi connectivity index (χ4n) is 2.49. The van der Waals surface area contributed by atoms with Crippen LogP contribution in [0.5, 0.6) is 0 Å². The van der Waals surface area contributed by atoms with E-state index in [0.29, 0.717) is 52.0 Å². The molecule has 170 valence electrons. The first-order valence-electron chi connectivity index (χ1n) is 10.5. The van der Waals surface area contributed by atoms with Crippen LogP contribution in [0.3, 0.4) is 0 Å². The van der Waals surface area contributed by atoms with E-state index in [1.54, 1.807) is 7.05 Å². The number of hydrogen-bond acceptors (Lipinski definition) is 5. The standard InChI is InChI=1S/C22H38N4O4/c1-6-28-13-14-29-17-19-10-7-9-18(15-19)16-26-20(23-5)24-11-8-12-25-21(27)30-22(2,3)4/h7,9-10,15H,6,8,11-14,16-17H2,1-5H3,(H,25,27)(H2,23,24,26). The fraction of sp³-hybridized carbons (Fsp3) is 0.636. The van der Waals surface area contributed by atoms with Crippen LogP contribution in [0, 0.1) is 0 Å². The minimum Gasteiger partial charge on any atom is -0.444 e. The molecule has 8 heteroatoms. The van der Waals surface area contributed by atoms with Gasteiger partial charge < -0.3 is 30.2 Å². The monoisotopic (exact) mass is 422 g/mol. The number of carbonyl (C=O) groups is 1. The van der Waals surface area contributed by atoms with Crippen molar-refractivity contribution < 1.29 is 19.0 Å². The summed E-state index contributed by atoms with van der Waals surface area (Å²) in [7, 11) is 1.73. The largest absolute Gasteiger partial charge is 0.444 e. The normalized spacial score (nSPS) is 11.8. The number of benzene rings is 1. The van der Waals surface area contributed by atoms with Gasteiger partial charge in [-0.3, -0.25) is 4.99 Å². The van der Waals surface area contributed by atoms with E-state index in [0.717, 1.165) is 17.5 Å². The van der Waals surface area contributed by atoms with Gasteiger partial charge >= 0.3 is 6.09 Å². The number of nitrogens with one attached hydrogen (secondary N) is 3. The number of nitrogens with zero attached hydrogens (tertiary/aromatic N) is 1. The third-order valence-corrected chi connectivity index (χ3v) is 3.83. The average molecular weight is 423 g/mol. The van der Waals surface area contributed by atoms with E-state index in [2.05, 4.69) is 39.1 Å². The molecule has 0 spiro atoms. The van der Waals surface area contributed by atoms with Crippen LogP contribution in [0.15, 0.2) is 29.3 Å². The summed E-state index contributed by atoms with van der Waals surface area (Å²) in [5.74, 6) is 0.714. The molecule has 0 aromatic heterocycles. The Morgan fingerprint density at radius 1 is 1.03 bits per heavy atom. The van der Waals surface area contributed by atoms with Gasteiger partial charge in [-0.25, -0.2) is 4.79 Å². The van der Waals surface area contributed by atoms with Gasteiger partial charge in [-0.1, -0.05) is 24.3 Å². The first kappa shape index (κ1) is 25.7. The Balaban J connectivity index is 2.25. The predicted octanol–water partition coefficient (Wildman–Crippen LogP) is 2.82. The first-order chi connectivity index (χ1) is 14.3. The van der Waals surface area contributed by atoms with E-state index in [9.17, 15) is 4.79 Å². The molecule has 0 saturated carbocycles. The number of ether oxygens (including phenoxy) is 3. The van der Waals surface area contributed by atoms with Gasteiger partial charge in [-0.2, -0.15) is 0 Å². The lowest BCUT2D eigenvalue weighted by Crippen LogP contribution is -2.39. The number of amides is 1. The van der Waals surface area contributed by atoms with Crippen LogP contribution < -0.4 is 16.0 Å². The van der Waals surface area contributed by atoms with Crippen molar-refractivity contribution in [2.75, 3.05) is 40.0 Å². The number of carbonyl (C=O) groups excluding carboxylic acids is 1. The highest BCUT2D eigenvalue weighted by Crippen LogP contribution is 2.07. The Bertz CT molecular complexity index is 644. The topological polar surface area (TPSA) is 93.2 Å². The molecule has 0 saturated heterocycles. The molecule has 0 fully saturated rings. The fourth-order valence-corrected chi connectivity index (χ4v) is 2.49. The van der Waals surface area contributed by atoms with Crippen LogP contribution in [0.2, 0.25) is 0 Å². The number of hydrogen-bond donors (Lipinski definition) is 3. The second-order valence-electron chi connectivity index (χ2n) is 7.70. The minimum atomic E-state index is -0.485. The lowest BCUT2D eigenvalue weighted by Gasteiger charge is -2.19. The Hall–Kier alpha value is -2.32. The van der Waals surface area contributed by atoms with E-state index in [4.69, 9.17) is 14.2 Å². The van der Waals surface area contributed by atoms with Crippen LogP contribution in [0.25, 0.3) is 0 Å². The highest BCUT2D eigenvalue weighted by Gasteiger charge is 2.15. The molecule has 30 heavy (non-hydrogen) atoms. The highest BCUT2D eigenvalue weighted by atomic mass is 16.6. The van der Waals surface area contributed by atoms with Crippen molar-refractivity contribution >= 4 is 12.1 Å². The quantitative estimate of drug-likeness (QED) is 0.272. The van der Waals surface area contributed by atoms with Crippen molar-refractivity contribution in [3.63, 3.8) is 0 Å². The molecule has 0 unspecified atom stereocenters. The molecule has 0 aliphatic carbocycles. The Labute approximate surface area is 180 Å². The zero-order valence-electron chi connectivity index (χ0n) is 19.0. The summed E-state index contributed by atoms with van der Waals surface area (Å²) in [5.41, 5.74) is 1.79. The Morgan fingerprint density at radius 3 is 2.43 bits per heavy atom. The van der Waals surface area contributed by atoms with E-state index in [1.165, 1.54) is 0 Å². The molecule has 0 aliphatic rings. The Kier molecular flexibility index (Phi) is 12.5. The van der Waals surface area contributed by atoms with Crippen LogP contribution in [-0.2, 0) is 27.4 Å². The molecular formula is C22H38N4O4. The van der Waals surface area contributed by atoms with Gasteiger partial charge in [0.25, 0.3) is 0 Å². The van der Waals surface area contributed by atoms with Crippen LogP contribution in [-0.4, -0.2) is 57.6 Å². The lowest BCUT2D eigenvalue weighted by atomic mass is 10.1. The van der Waals surface area contributed by atoms with Gasteiger partial charge in [0.05, 0.1) is 19.8 Å². The van der Waals surface area contributed by atoms with Crippen molar-refractivity contribution in [2.24, 2.45) is 4.99 Å². The van der Waals surface area contributed by atoms with Crippen molar-refractivity contribution in [2.45, 2.75) is 52.9 Å². The zero-order chi connectivity index (χ0) is 22.2. The summed E-state index contributed by atoms with van der Waals surface area (Å²) in [6, 6.07) is 8.26. The molecule has 1 rings (SSSR count). The molecule has 0 aliphatic heterocycles. The van der Waals surface area contributed by atoms with E-state index in [1.807, 2.05) is 33.8 Å². The molecule has 3 N–H and O–H groups in total. The van der Waals surface area contributed by atoms with Crippen molar-refractivity contribution in [3.8, 4) is 0 Å². The molecule has 0 bridgehead atoms. The van der Waals surface area contributed by atoms with Crippen molar-refractivity contribution in [3.05, 3.63) is 35.4 Å². The maximum atomic E-state index is 11.6. The second-order valence-corrected chi connectivity index (χ2v) is 7.70. The van der Waals surface area contributed by atoms with Crippen molar-refractivity contribution in [1.82, 2.24) is 16.0 Å². The minimum absolute atomic E-state index is 0.397. The smallest absolute Gasteiger partial charge is 0.407 e. The summed E-state index contributed by atoms with van der Waals surface area (Å²) in [6.07, 6.45) is 0.362. The van der Waals surface area contributed by atoms with Gasteiger partial charge in [-0.15, -0.1) is 0 Å². The zero-order valence-corrected chi connectivity index (χ0v) is 19.0. The SMILES string of the molecule is CCOCCOCc1cccc(CNC(=NC)NCCCNC(=O)OC(C)(C)C)c1. The van der Waals surface area contributed by atoms with Gasteiger partial charge in [0.2, 0.25) is 0 Å². The molecule has 0 radical (unpaired) electrons. The van der Waals surface area contributed by atoms with Crippen LogP contribution >= 0.6 is 0 Å². The van der Waals surface area contributed by atoms with Gasteiger partial charge in [0.1, 0.15) is 5.60 Å². The van der Waals surface area contributed by atoms with E-state index in [-0.39, 0.29) is 0 Å². The van der Waals surface area contributed by atoms with E-state index >= 15 is 0 Å². The number of rotatable bonds is 12. The summed E-state index contributed by atoms with van der Waals surface area (Å²) in [5, 5.41) is 9.27. The molecule has 1 aromatic carbocycles. The average Bonchev–Trinajstić information content (AvgIpc) is 2.69. The van der Waals surface area contributed by atoms with Gasteiger partial charge in [0.15, 0.2) is 5.96 Å². The summed E-state index contributed by atoms with van der Waals surface area (Å²) < 4.78 is 16.1. The van der Waals surface area contributed by atoms with Gasteiger partial charge in [-0.05, 0) is 45.2 Å². The molecule has 1 amide bonds.